The number of ether oxygens (including phenoxy) is 2. The topological polar surface area (TPSA) is 201 Å². The Morgan fingerprint density at radius 1 is 0.855 bits per heavy atom. The number of piperidine rings is 2. The van der Waals surface area contributed by atoms with E-state index in [9.17, 15) is 37.5 Å². The predicted molar refractivity (Wildman–Crippen MR) is 206 cm³/mol. The fraction of sp³-hybridized carbons (Fsp3) is 0.615. The Bertz CT molecular complexity index is 1750. The average Bonchev–Trinajstić information content (AvgIpc) is 3.15. The number of fused-ring (bicyclic) bond motifs is 1. The van der Waals surface area contributed by atoms with Gasteiger partial charge in [-0.1, -0.05) is 30.3 Å². The Morgan fingerprint density at radius 3 is 2.00 bits per heavy atom. The molecule has 2 saturated heterocycles. The van der Waals surface area contributed by atoms with Gasteiger partial charge < -0.3 is 35.0 Å². The Hall–Kier alpha value is -4.44. The number of carbonyl (C=O) groups excluding carboxylic acids is 4. The van der Waals surface area contributed by atoms with Crippen molar-refractivity contribution in [2.45, 2.75) is 95.6 Å². The van der Waals surface area contributed by atoms with Crippen LogP contribution in [-0.4, -0.2) is 111 Å². The van der Waals surface area contributed by atoms with E-state index in [1.807, 2.05) is 32.9 Å². The van der Waals surface area contributed by atoms with Crippen molar-refractivity contribution in [1.29, 1.82) is 0 Å². The zero-order valence-corrected chi connectivity index (χ0v) is 33.2. The number of sulfonamides is 1. The zero-order chi connectivity index (χ0) is 40.2. The number of amides is 4. The summed E-state index contributed by atoms with van der Waals surface area (Å²) in [5.41, 5.74) is -0.575. The number of nitrogens with zero attached hydrogens (tertiary/aromatic N) is 2. The highest BCUT2D eigenvalue weighted by molar-refractivity contribution is 7.89. The second kappa shape index (κ2) is 19.9. The molecule has 2 aliphatic heterocycles. The molecule has 2 aromatic carbocycles. The molecule has 16 heteroatoms. The first-order valence-corrected chi connectivity index (χ1v) is 20.7. The summed E-state index contributed by atoms with van der Waals surface area (Å²) in [4.78, 5) is 66.3. The van der Waals surface area contributed by atoms with Crippen molar-refractivity contribution in [2.24, 2.45) is 17.8 Å². The molecule has 0 spiro atoms. The van der Waals surface area contributed by atoms with E-state index < -0.39 is 52.1 Å². The summed E-state index contributed by atoms with van der Waals surface area (Å²) >= 11 is 0. The SMILES string of the molecule is CCOC(=O)[C@H](CNC(=O)CNC(=O)C(CCC1CCN(C(=O)O)CC1)CCC1CCN(C(=O)OC(C)(C)C)CC1)NS(=O)(=O)c1ccc2ccccc2c1. The van der Waals surface area contributed by atoms with E-state index in [-0.39, 0.29) is 36.0 Å². The molecule has 2 heterocycles. The normalized spacial score (nSPS) is 16.9. The van der Waals surface area contributed by atoms with Crippen LogP contribution in [0.4, 0.5) is 9.59 Å². The summed E-state index contributed by atoms with van der Waals surface area (Å²) in [5, 5.41) is 16.1. The van der Waals surface area contributed by atoms with Gasteiger partial charge in [0.25, 0.3) is 0 Å². The lowest BCUT2D eigenvalue weighted by atomic mass is 9.84. The molecule has 0 aliphatic carbocycles. The molecule has 4 N–H and O–H groups in total. The molecule has 2 atom stereocenters. The number of carboxylic acid groups (broad SMARTS) is 1. The summed E-state index contributed by atoms with van der Waals surface area (Å²) in [6, 6.07) is 10.4. The maximum absolute atomic E-state index is 13.6. The van der Waals surface area contributed by atoms with Crippen LogP contribution in [0.25, 0.3) is 10.8 Å². The summed E-state index contributed by atoms with van der Waals surface area (Å²) in [6.07, 6.45) is 4.43. The Kier molecular flexibility index (Phi) is 15.7. The molecule has 304 valence electrons. The van der Waals surface area contributed by atoms with Gasteiger partial charge in [-0.3, -0.25) is 14.4 Å². The van der Waals surface area contributed by atoms with Crippen LogP contribution in [0.1, 0.15) is 79.1 Å². The van der Waals surface area contributed by atoms with Gasteiger partial charge in [0.1, 0.15) is 11.6 Å². The van der Waals surface area contributed by atoms with Crippen LogP contribution < -0.4 is 15.4 Å². The lowest BCUT2D eigenvalue weighted by molar-refractivity contribution is -0.145. The molecule has 0 bridgehead atoms. The van der Waals surface area contributed by atoms with E-state index in [0.29, 0.717) is 50.3 Å². The number of hydrogen-bond donors (Lipinski definition) is 4. The second-order valence-corrected chi connectivity index (χ2v) is 17.1. The van der Waals surface area contributed by atoms with Crippen LogP contribution >= 0.6 is 0 Å². The lowest BCUT2D eigenvalue weighted by Gasteiger charge is -2.34. The zero-order valence-electron chi connectivity index (χ0n) is 32.4. The van der Waals surface area contributed by atoms with Gasteiger partial charge in [-0.15, -0.1) is 0 Å². The fourth-order valence-corrected chi connectivity index (χ4v) is 8.24. The number of rotatable bonds is 16. The summed E-state index contributed by atoms with van der Waals surface area (Å²) in [6.45, 7) is 8.36. The largest absolute Gasteiger partial charge is 0.465 e. The molecule has 2 fully saturated rings. The first-order valence-electron chi connectivity index (χ1n) is 19.2. The van der Waals surface area contributed by atoms with Gasteiger partial charge in [-0.25, -0.2) is 18.0 Å². The minimum atomic E-state index is -4.18. The number of hydrogen-bond acceptors (Lipinski definition) is 9. The van der Waals surface area contributed by atoms with Crippen molar-refractivity contribution in [3.05, 3.63) is 42.5 Å². The quantitative estimate of drug-likeness (QED) is 0.176. The third kappa shape index (κ3) is 13.7. The molecular weight excluding hydrogens is 731 g/mol. The summed E-state index contributed by atoms with van der Waals surface area (Å²) in [5.74, 6) is -1.55. The van der Waals surface area contributed by atoms with Crippen LogP contribution in [0, 0.1) is 17.8 Å². The van der Waals surface area contributed by atoms with Gasteiger partial charge in [-0.05, 0) is 114 Å². The van der Waals surface area contributed by atoms with Crippen LogP contribution in [0.3, 0.4) is 0 Å². The lowest BCUT2D eigenvalue weighted by Crippen LogP contribution is -2.50. The van der Waals surface area contributed by atoms with E-state index in [2.05, 4.69) is 15.4 Å². The molecule has 0 aromatic heterocycles. The van der Waals surface area contributed by atoms with Crippen molar-refractivity contribution in [3.63, 3.8) is 0 Å². The van der Waals surface area contributed by atoms with Crippen LogP contribution in [0.2, 0.25) is 0 Å². The van der Waals surface area contributed by atoms with E-state index >= 15 is 0 Å². The Labute approximate surface area is 323 Å². The minimum absolute atomic E-state index is 0.0000454. The highest BCUT2D eigenvalue weighted by atomic mass is 32.2. The van der Waals surface area contributed by atoms with E-state index in [1.54, 1.807) is 30.0 Å². The predicted octanol–water partition coefficient (Wildman–Crippen LogP) is 4.50. The smallest absolute Gasteiger partial charge is 0.410 e. The first-order chi connectivity index (χ1) is 26.0. The molecule has 4 amide bonds. The second-order valence-electron chi connectivity index (χ2n) is 15.4. The molecule has 0 radical (unpaired) electrons. The van der Waals surface area contributed by atoms with Gasteiger partial charge >= 0.3 is 18.2 Å². The van der Waals surface area contributed by atoms with Crippen LogP contribution in [0.15, 0.2) is 47.4 Å². The average molecular weight is 788 g/mol. The van der Waals surface area contributed by atoms with Crippen LogP contribution in [0.5, 0.6) is 0 Å². The van der Waals surface area contributed by atoms with Crippen molar-refractivity contribution in [2.75, 3.05) is 45.9 Å². The van der Waals surface area contributed by atoms with E-state index in [0.717, 1.165) is 43.9 Å². The number of esters is 1. The summed E-state index contributed by atoms with van der Waals surface area (Å²) in [7, 11) is -4.18. The third-order valence-corrected chi connectivity index (χ3v) is 11.7. The number of nitrogens with one attached hydrogen (secondary N) is 3. The van der Waals surface area contributed by atoms with Gasteiger partial charge in [0.2, 0.25) is 21.8 Å². The maximum atomic E-state index is 13.6. The van der Waals surface area contributed by atoms with Gasteiger partial charge in [0, 0.05) is 38.6 Å². The summed E-state index contributed by atoms with van der Waals surface area (Å²) < 4.78 is 39.5. The number of benzene rings is 2. The van der Waals surface area contributed by atoms with Crippen molar-refractivity contribution >= 4 is 50.8 Å². The third-order valence-electron chi connectivity index (χ3n) is 10.2. The molecule has 0 saturated carbocycles. The molecule has 1 unspecified atom stereocenters. The Morgan fingerprint density at radius 2 is 1.44 bits per heavy atom. The molecule has 4 rings (SSSR count). The van der Waals surface area contributed by atoms with Crippen molar-refractivity contribution < 1.29 is 47.0 Å². The highest BCUT2D eigenvalue weighted by Crippen LogP contribution is 2.30. The molecule has 2 aliphatic rings. The van der Waals surface area contributed by atoms with Crippen molar-refractivity contribution in [1.82, 2.24) is 25.2 Å². The Balaban J connectivity index is 1.32. The standard InChI is InChI=1S/C39H57N5O10S/c1-5-53-36(47)33(42-55(51,52)32-15-14-29-8-6-7-9-31(29)24-32)25-40-34(45)26-41-35(46)30(12-10-27-16-20-43(21-17-27)37(48)49)13-11-28-18-22-44(23-19-28)38(50)54-39(2,3)4/h6-9,14-15,24,27-28,30,33,42H,5,10-13,16-23,25-26H2,1-4H3,(H,40,45)(H,41,46)(H,48,49)/t30?,33-/m0/s1. The van der Waals surface area contributed by atoms with Gasteiger partial charge in [-0.2, -0.15) is 4.72 Å². The number of carbonyl (C=O) groups is 5. The van der Waals surface area contributed by atoms with Crippen LogP contribution in [-0.2, 0) is 33.9 Å². The van der Waals surface area contributed by atoms with Gasteiger partial charge in [0.05, 0.1) is 18.0 Å². The van der Waals surface area contributed by atoms with Gasteiger partial charge in [0.15, 0.2) is 0 Å². The molecule has 55 heavy (non-hydrogen) atoms. The monoisotopic (exact) mass is 787 g/mol. The first kappa shape index (κ1) is 43.3. The maximum Gasteiger partial charge on any atom is 0.410 e. The fourth-order valence-electron chi connectivity index (χ4n) is 7.02. The number of likely N-dealkylation sites (tertiary alicyclic amines) is 2. The van der Waals surface area contributed by atoms with Crippen molar-refractivity contribution in [3.8, 4) is 0 Å². The van der Waals surface area contributed by atoms with E-state index in [1.165, 1.54) is 17.0 Å². The molecular formula is C39H57N5O10S. The minimum Gasteiger partial charge on any atom is -0.465 e. The highest BCUT2D eigenvalue weighted by Gasteiger charge is 2.31. The molecule has 15 nitrogen and oxygen atoms in total. The van der Waals surface area contributed by atoms with E-state index in [4.69, 9.17) is 9.47 Å². The molecule has 2 aromatic rings.